The van der Waals surface area contributed by atoms with Crippen LogP contribution in [0.2, 0.25) is 0 Å². The van der Waals surface area contributed by atoms with Crippen LogP contribution in [0.4, 0.5) is 18.9 Å². The van der Waals surface area contributed by atoms with E-state index in [1.165, 1.54) is 28.7 Å². The summed E-state index contributed by atoms with van der Waals surface area (Å²) in [5.74, 6) is -1.20. The maximum Gasteiger partial charge on any atom is 0.416 e. The molecule has 168 valence electrons. The molecular formula is C22H20F3N3O3S. The molecule has 1 atom stereocenters. The molecule has 32 heavy (non-hydrogen) atoms. The summed E-state index contributed by atoms with van der Waals surface area (Å²) in [6, 6.07) is 12.7. The number of carbonyl (C=O) groups is 1. The summed E-state index contributed by atoms with van der Waals surface area (Å²) >= 11 is 0. The molecule has 1 aliphatic rings. The van der Waals surface area contributed by atoms with Crippen molar-refractivity contribution < 1.29 is 26.4 Å². The Labute approximate surface area is 183 Å². The zero-order chi connectivity index (χ0) is 22.9. The number of amides is 1. The average molecular weight is 463 g/mol. The number of alkyl halides is 3. The Balaban J connectivity index is 1.54. The van der Waals surface area contributed by atoms with Crippen molar-refractivity contribution in [3.8, 4) is 0 Å². The first-order chi connectivity index (χ1) is 15.2. The Hall–Kier alpha value is -2.98. The van der Waals surface area contributed by atoms with E-state index >= 15 is 0 Å². The Morgan fingerprint density at radius 1 is 1.09 bits per heavy atom. The number of para-hydroxylation sites is 1. The maximum atomic E-state index is 13.3. The van der Waals surface area contributed by atoms with Crippen LogP contribution in [0.5, 0.6) is 0 Å². The summed E-state index contributed by atoms with van der Waals surface area (Å²) in [7, 11) is -3.91. The van der Waals surface area contributed by atoms with Crippen molar-refractivity contribution in [3.63, 3.8) is 0 Å². The highest BCUT2D eigenvalue weighted by atomic mass is 32.2. The van der Waals surface area contributed by atoms with Crippen LogP contribution in [0, 0.1) is 5.92 Å². The van der Waals surface area contributed by atoms with Crippen molar-refractivity contribution in [2.75, 3.05) is 18.4 Å². The lowest BCUT2D eigenvalue weighted by atomic mass is 9.98. The van der Waals surface area contributed by atoms with Crippen LogP contribution in [0.1, 0.15) is 18.4 Å². The van der Waals surface area contributed by atoms with Gasteiger partial charge in [0.2, 0.25) is 15.9 Å². The van der Waals surface area contributed by atoms with Gasteiger partial charge in [-0.25, -0.2) is 8.42 Å². The first kappa shape index (κ1) is 22.2. The smallest absolute Gasteiger partial charge is 0.326 e. The number of aromatic nitrogens is 1. The van der Waals surface area contributed by atoms with Gasteiger partial charge in [-0.05, 0) is 43.2 Å². The van der Waals surface area contributed by atoms with Gasteiger partial charge in [0.1, 0.15) is 4.90 Å². The third-order valence-electron chi connectivity index (χ3n) is 5.43. The molecule has 1 saturated heterocycles. The lowest BCUT2D eigenvalue weighted by molar-refractivity contribution is -0.137. The SMILES string of the molecule is O=C(Nc1cccc(C(F)(F)F)c1)[C@@H]1CCCN(S(=O)(=O)c2cccc3cccnc23)C1. The number of hydrogen-bond acceptors (Lipinski definition) is 4. The predicted molar refractivity (Wildman–Crippen MR) is 113 cm³/mol. The van der Waals surface area contributed by atoms with Gasteiger partial charge in [0.25, 0.3) is 0 Å². The number of nitrogens with one attached hydrogen (secondary N) is 1. The van der Waals surface area contributed by atoms with Crippen LogP contribution in [0.3, 0.4) is 0 Å². The van der Waals surface area contributed by atoms with Crippen molar-refractivity contribution in [2.45, 2.75) is 23.9 Å². The molecule has 1 N–H and O–H groups in total. The van der Waals surface area contributed by atoms with E-state index in [1.807, 2.05) is 0 Å². The number of fused-ring (bicyclic) bond motifs is 1. The fourth-order valence-electron chi connectivity index (χ4n) is 3.82. The monoisotopic (exact) mass is 463 g/mol. The van der Waals surface area contributed by atoms with Gasteiger partial charge in [-0.3, -0.25) is 9.78 Å². The third kappa shape index (κ3) is 4.46. The fraction of sp³-hybridized carbons (Fsp3) is 0.273. The molecule has 3 aromatic rings. The van der Waals surface area contributed by atoms with Crippen molar-refractivity contribution >= 4 is 32.5 Å². The Morgan fingerprint density at radius 3 is 2.62 bits per heavy atom. The van der Waals surface area contributed by atoms with Crippen LogP contribution < -0.4 is 5.32 Å². The van der Waals surface area contributed by atoms with E-state index in [2.05, 4.69) is 10.3 Å². The maximum absolute atomic E-state index is 13.3. The number of nitrogens with zero attached hydrogens (tertiary/aromatic N) is 2. The number of pyridine rings is 1. The Morgan fingerprint density at radius 2 is 1.84 bits per heavy atom. The number of rotatable bonds is 4. The number of piperidine rings is 1. The van der Waals surface area contributed by atoms with E-state index < -0.39 is 33.6 Å². The quantitative estimate of drug-likeness (QED) is 0.626. The molecule has 0 radical (unpaired) electrons. The van der Waals surface area contributed by atoms with Gasteiger partial charge in [0.05, 0.1) is 17.0 Å². The number of benzene rings is 2. The van der Waals surface area contributed by atoms with Crippen molar-refractivity contribution in [1.29, 1.82) is 0 Å². The van der Waals surface area contributed by atoms with E-state index in [1.54, 1.807) is 24.3 Å². The zero-order valence-corrected chi connectivity index (χ0v) is 17.7. The summed E-state index contributed by atoms with van der Waals surface area (Å²) in [4.78, 5) is 17.0. The van der Waals surface area contributed by atoms with Gasteiger partial charge < -0.3 is 5.32 Å². The highest BCUT2D eigenvalue weighted by Crippen LogP contribution is 2.32. The van der Waals surface area contributed by atoms with Crippen LogP contribution >= 0.6 is 0 Å². The van der Waals surface area contributed by atoms with Gasteiger partial charge in [-0.2, -0.15) is 17.5 Å². The van der Waals surface area contributed by atoms with E-state index in [0.29, 0.717) is 23.7 Å². The second kappa shape index (κ2) is 8.51. The topological polar surface area (TPSA) is 79.4 Å². The second-order valence-corrected chi connectivity index (χ2v) is 9.51. The number of halogens is 3. The van der Waals surface area contributed by atoms with Crippen LogP contribution in [-0.2, 0) is 21.0 Å². The minimum Gasteiger partial charge on any atom is -0.326 e. The van der Waals surface area contributed by atoms with E-state index in [-0.39, 0.29) is 23.7 Å². The highest BCUT2D eigenvalue weighted by molar-refractivity contribution is 7.89. The summed E-state index contributed by atoms with van der Waals surface area (Å²) in [6.45, 7) is 0.190. The minimum atomic E-state index is -4.52. The molecule has 0 unspecified atom stereocenters. The highest BCUT2D eigenvalue weighted by Gasteiger charge is 2.35. The van der Waals surface area contributed by atoms with Gasteiger partial charge >= 0.3 is 6.18 Å². The van der Waals surface area contributed by atoms with Crippen LogP contribution in [0.15, 0.2) is 65.7 Å². The third-order valence-corrected chi connectivity index (χ3v) is 7.32. The lowest BCUT2D eigenvalue weighted by Crippen LogP contribution is -2.43. The zero-order valence-electron chi connectivity index (χ0n) is 16.8. The molecular weight excluding hydrogens is 443 g/mol. The number of sulfonamides is 1. The van der Waals surface area contributed by atoms with Crippen LogP contribution in [-0.4, -0.2) is 36.7 Å². The molecule has 0 aliphatic carbocycles. The van der Waals surface area contributed by atoms with Gasteiger partial charge in [0, 0.05) is 30.4 Å². The molecule has 0 saturated carbocycles. The number of carbonyl (C=O) groups excluding carboxylic acids is 1. The first-order valence-corrected chi connectivity index (χ1v) is 11.4. The van der Waals surface area contributed by atoms with Crippen molar-refractivity contribution in [3.05, 3.63) is 66.4 Å². The predicted octanol–water partition coefficient (Wildman–Crippen LogP) is 4.29. The molecule has 1 fully saturated rings. The van der Waals surface area contributed by atoms with Crippen molar-refractivity contribution in [2.24, 2.45) is 5.92 Å². The summed E-state index contributed by atoms with van der Waals surface area (Å²) in [6.07, 6.45) is -2.12. The molecule has 2 heterocycles. The van der Waals surface area contributed by atoms with E-state index in [9.17, 15) is 26.4 Å². The first-order valence-electron chi connectivity index (χ1n) is 9.98. The Bertz CT molecular complexity index is 1260. The molecule has 0 spiro atoms. The van der Waals surface area contributed by atoms with Gasteiger partial charge in [-0.1, -0.05) is 24.3 Å². The van der Waals surface area contributed by atoms with E-state index in [0.717, 1.165) is 12.1 Å². The molecule has 0 bridgehead atoms. The molecule has 1 amide bonds. The molecule has 2 aromatic carbocycles. The number of anilines is 1. The summed E-state index contributed by atoms with van der Waals surface area (Å²) < 4.78 is 66.6. The van der Waals surface area contributed by atoms with Crippen molar-refractivity contribution in [1.82, 2.24) is 9.29 Å². The minimum absolute atomic E-state index is 0.0167. The van der Waals surface area contributed by atoms with Crippen LogP contribution in [0.25, 0.3) is 10.9 Å². The largest absolute Gasteiger partial charge is 0.416 e. The van der Waals surface area contributed by atoms with E-state index in [4.69, 9.17) is 0 Å². The molecule has 1 aromatic heterocycles. The average Bonchev–Trinajstić information content (AvgIpc) is 2.78. The molecule has 1 aliphatic heterocycles. The standard InChI is InChI=1S/C22H20F3N3O3S/c23-22(24,25)17-8-2-9-18(13-17)27-21(29)16-7-4-12-28(14-16)32(30,31)19-10-1-5-15-6-3-11-26-20(15)19/h1-3,5-6,8-11,13,16H,4,7,12,14H2,(H,27,29)/t16-/m1/s1. The molecule has 6 nitrogen and oxygen atoms in total. The molecule has 4 rings (SSSR count). The molecule has 10 heteroatoms. The normalized spacial score (nSPS) is 17.9. The lowest BCUT2D eigenvalue weighted by Gasteiger charge is -2.31. The van der Waals surface area contributed by atoms with Gasteiger partial charge in [0.15, 0.2) is 0 Å². The Kier molecular flexibility index (Phi) is 5.91. The fourth-order valence-corrected chi connectivity index (χ4v) is 5.51. The summed E-state index contributed by atoms with van der Waals surface area (Å²) in [5.41, 5.74) is -0.500. The second-order valence-electron chi connectivity index (χ2n) is 7.60. The summed E-state index contributed by atoms with van der Waals surface area (Å²) in [5, 5.41) is 3.18. The number of hydrogen-bond donors (Lipinski definition) is 1. The van der Waals surface area contributed by atoms with Gasteiger partial charge in [-0.15, -0.1) is 0 Å².